The van der Waals surface area contributed by atoms with Gasteiger partial charge in [-0.3, -0.25) is 9.69 Å². The van der Waals surface area contributed by atoms with E-state index in [9.17, 15) is 14.7 Å². The van der Waals surface area contributed by atoms with Crippen molar-refractivity contribution in [2.24, 2.45) is 4.99 Å². The summed E-state index contributed by atoms with van der Waals surface area (Å²) in [5.74, 6) is -0.859. The van der Waals surface area contributed by atoms with Crippen molar-refractivity contribution in [2.45, 2.75) is 6.54 Å². The van der Waals surface area contributed by atoms with Crippen LogP contribution in [0.4, 0.5) is 5.69 Å². The second kappa shape index (κ2) is 10.4. The minimum atomic E-state index is -1.03. The number of ether oxygens (including phenoxy) is 1. The zero-order valence-electron chi connectivity index (χ0n) is 18.2. The van der Waals surface area contributed by atoms with Gasteiger partial charge in [-0.2, -0.15) is 0 Å². The molecule has 35 heavy (non-hydrogen) atoms. The van der Waals surface area contributed by atoms with E-state index in [0.29, 0.717) is 27.1 Å². The zero-order valence-corrected chi connectivity index (χ0v) is 20.6. The Morgan fingerprint density at radius 2 is 1.71 bits per heavy atom. The summed E-state index contributed by atoms with van der Waals surface area (Å²) in [6.07, 6.45) is 1.63. The van der Waals surface area contributed by atoms with Gasteiger partial charge in [0.1, 0.15) is 5.75 Å². The van der Waals surface area contributed by atoms with Crippen LogP contribution in [0.5, 0.6) is 11.5 Å². The molecule has 7 nitrogen and oxygen atoms in total. The molecule has 10 heteroatoms. The maximum Gasteiger partial charge on any atom is 0.335 e. The van der Waals surface area contributed by atoms with Crippen LogP contribution in [-0.2, 0) is 11.3 Å². The number of amides is 1. The smallest absolute Gasteiger partial charge is 0.335 e. The summed E-state index contributed by atoms with van der Waals surface area (Å²) < 4.78 is 5.19. The number of hydrogen-bond acceptors (Lipinski definition) is 6. The molecule has 0 atom stereocenters. The van der Waals surface area contributed by atoms with Crippen molar-refractivity contribution in [3.8, 4) is 11.5 Å². The Bertz CT molecular complexity index is 1330. The number of rotatable bonds is 6. The van der Waals surface area contributed by atoms with Gasteiger partial charge in [-0.1, -0.05) is 35.3 Å². The molecule has 0 aliphatic carbocycles. The second-order valence-corrected chi connectivity index (χ2v) is 9.25. The third kappa shape index (κ3) is 5.62. The fourth-order valence-corrected chi connectivity index (χ4v) is 4.75. The van der Waals surface area contributed by atoms with Crippen LogP contribution in [0.2, 0.25) is 10.0 Å². The van der Waals surface area contributed by atoms with Crippen molar-refractivity contribution >= 4 is 63.8 Å². The number of halogens is 2. The Morgan fingerprint density at radius 3 is 2.29 bits per heavy atom. The molecule has 3 aromatic carbocycles. The highest BCUT2D eigenvalue weighted by Crippen LogP contribution is 2.38. The molecule has 0 spiro atoms. The van der Waals surface area contributed by atoms with Gasteiger partial charge in [-0.25, -0.2) is 9.79 Å². The molecule has 1 fully saturated rings. The Hall–Kier alpha value is -3.46. The highest BCUT2D eigenvalue weighted by molar-refractivity contribution is 8.18. The van der Waals surface area contributed by atoms with E-state index < -0.39 is 5.97 Å². The first-order valence-electron chi connectivity index (χ1n) is 10.2. The fourth-order valence-electron chi connectivity index (χ4n) is 3.25. The van der Waals surface area contributed by atoms with Crippen LogP contribution in [0.15, 0.2) is 70.6 Å². The Kier molecular flexibility index (Phi) is 7.35. The summed E-state index contributed by atoms with van der Waals surface area (Å²) in [5, 5.41) is 19.5. The molecule has 0 radical (unpaired) electrons. The fraction of sp³-hybridized carbons (Fsp3) is 0.0800. The van der Waals surface area contributed by atoms with Crippen LogP contribution in [0.1, 0.15) is 21.5 Å². The third-order valence-corrected chi connectivity index (χ3v) is 6.65. The number of amidine groups is 1. The van der Waals surface area contributed by atoms with Crippen LogP contribution < -0.4 is 4.74 Å². The van der Waals surface area contributed by atoms with E-state index in [0.717, 1.165) is 5.56 Å². The number of methoxy groups -OCH3 is 1. The van der Waals surface area contributed by atoms with Gasteiger partial charge in [0.05, 0.1) is 39.9 Å². The number of benzene rings is 3. The lowest BCUT2D eigenvalue weighted by molar-refractivity contribution is -0.122. The number of phenolic OH excluding ortho intramolecular Hbond substituents is 1. The van der Waals surface area contributed by atoms with Crippen molar-refractivity contribution < 1.29 is 24.5 Å². The quantitative estimate of drug-likeness (QED) is 0.369. The summed E-state index contributed by atoms with van der Waals surface area (Å²) >= 11 is 13.2. The standard InChI is InChI=1S/C25H18Cl2N2O5S/c1-34-18-8-6-17(7-9-18)28-25-29(13-14-2-4-16(5-3-14)24(32)33)23(31)21(35-25)12-15-10-19(26)22(30)20(27)11-15/h2-12,30H,13H2,1H3,(H,32,33)/b21-12-,28-25?. The van der Waals surface area contributed by atoms with Gasteiger partial charge >= 0.3 is 5.97 Å². The van der Waals surface area contributed by atoms with Gasteiger partial charge in [-0.05, 0) is 77.5 Å². The maximum absolute atomic E-state index is 13.4. The van der Waals surface area contributed by atoms with E-state index in [4.69, 9.17) is 33.0 Å². The predicted molar refractivity (Wildman–Crippen MR) is 138 cm³/mol. The van der Waals surface area contributed by atoms with Crippen molar-refractivity contribution in [2.75, 3.05) is 7.11 Å². The predicted octanol–water partition coefficient (Wildman–Crippen LogP) is 6.21. The Labute approximate surface area is 215 Å². The zero-order chi connectivity index (χ0) is 25.1. The van der Waals surface area contributed by atoms with E-state index >= 15 is 0 Å². The van der Waals surface area contributed by atoms with E-state index in [1.165, 1.54) is 40.9 Å². The number of aliphatic imine (C=N–C) groups is 1. The molecule has 0 saturated carbocycles. The summed E-state index contributed by atoms with van der Waals surface area (Å²) in [6.45, 7) is 0.190. The number of thioether (sulfide) groups is 1. The monoisotopic (exact) mass is 528 g/mol. The molecule has 0 bridgehead atoms. The first-order valence-corrected chi connectivity index (χ1v) is 11.8. The molecular weight excluding hydrogens is 511 g/mol. The lowest BCUT2D eigenvalue weighted by atomic mass is 10.1. The molecule has 1 aliphatic rings. The minimum absolute atomic E-state index is 0.0716. The SMILES string of the molecule is COc1ccc(N=C2S/C(=C\c3cc(Cl)c(O)c(Cl)c3)C(=O)N2Cc2ccc(C(=O)O)cc2)cc1. The number of nitrogens with zero attached hydrogens (tertiary/aromatic N) is 2. The molecule has 1 amide bonds. The van der Waals surface area contributed by atoms with Crippen LogP contribution in [-0.4, -0.2) is 39.3 Å². The maximum atomic E-state index is 13.4. The molecule has 0 unspecified atom stereocenters. The van der Waals surface area contributed by atoms with Crippen molar-refractivity contribution in [1.29, 1.82) is 0 Å². The van der Waals surface area contributed by atoms with Gasteiger partial charge in [-0.15, -0.1) is 0 Å². The second-order valence-electron chi connectivity index (χ2n) is 7.43. The van der Waals surface area contributed by atoms with Gasteiger partial charge in [0.25, 0.3) is 5.91 Å². The highest BCUT2D eigenvalue weighted by Gasteiger charge is 2.33. The number of carbonyl (C=O) groups excluding carboxylic acids is 1. The molecule has 3 aromatic rings. The van der Waals surface area contributed by atoms with E-state index in [-0.39, 0.29) is 33.8 Å². The molecule has 1 saturated heterocycles. The van der Waals surface area contributed by atoms with Gasteiger partial charge in [0, 0.05) is 0 Å². The third-order valence-electron chi connectivity index (χ3n) is 5.06. The molecule has 178 valence electrons. The minimum Gasteiger partial charge on any atom is -0.505 e. The van der Waals surface area contributed by atoms with Gasteiger partial charge in [0.15, 0.2) is 10.9 Å². The Balaban J connectivity index is 1.70. The summed E-state index contributed by atoms with van der Waals surface area (Å²) in [7, 11) is 1.57. The topological polar surface area (TPSA) is 99.4 Å². The molecule has 1 aliphatic heterocycles. The van der Waals surface area contributed by atoms with Crippen molar-refractivity contribution in [3.05, 3.63) is 92.3 Å². The van der Waals surface area contributed by atoms with Crippen LogP contribution >= 0.6 is 35.0 Å². The van der Waals surface area contributed by atoms with Gasteiger partial charge < -0.3 is 14.9 Å². The van der Waals surface area contributed by atoms with Crippen LogP contribution in [0.3, 0.4) is 0 Å². The number of carboxylic acids is 1. The molecule has 1 heterocycles. The highest BCUT2D eigenvalue weighted by atomic mass is 35.5. The first kappa shape index (κ1) is 24.7. The van der Waals surface area contributed by atoms with Crippen molar-refractivity contribution in [3.63, 3.8) is 0 Å². The van der Waals surface area contributed by atoms with Crippen LogP contribution in [0, 0.1) is 0 Å². The summed E-state index contributed by atoms with van der Waals surface area (Å²) in [5.41, 5.74) is 2.07. The number of phenols is 1. The number of aromatic hydroxyl groups is 1. The number of hydrogen-bond donors (Lipinski definition) is 2. The molecule has 4 rings (SSSR count). The van der Waals surface area contributed by atoms with E-state index in [1.54, 1.807) is 49.6 Å². The normalized spacial score (nSPS) is 15.7. The molecule has 0 aromatic heterocycles. The average Bonchev–Trinajstić information content (AvgIpc) is 3.12. The number of aromatic carboxylic acids is 1. The number of carboxylic acid groups (broad SMARTS) is 1. The van der Waals surface area contributed by atoms with Gasteiger partial charge in [0.2, 0.25) is 0 Å². The first-order chi connectivity index (χ1) is 16.7. The summed E-state index contributed by atoms with van der Waals surface area (Å²) in [4.78, 5) is 31.1. The molecular formula is C25H18Cl2N2O5S. The van der Waals surface area contributed by atoms with E-state index in [2.05, 4.69) is 4.99 Å². The lowest BCUT2D eigenvalue weighted by Gasteiger charge is -2.16. The largest absolute Gasteiger partial charge is 0.505 e. The van der Waals surface area contributed by atoms with Crippen molar-refractivity contribution in [1.82, 2.24) is 4.90 Å². The lowest BCUT2D eigenvalue weighted by Crippen LogP contribution is -2.28. The summed E-state index contributed by atoms with van der Waals surface area (Å²) in [6, 6.07) is 16.4. The Morgan fingerprint density at radius 1 is 1.09 bits per heavy atom. The molecule has 2 N–H and O–H groups in total. The average molecular weight is 529 g/mol. The van der Waals surface area contributed by atoms with Crippen LogP contribution in [0.25, 0.3) is 6.08 Å². The number of carbonyl (C=O) groups is 2. The van der Waals surface area contributed by atoms with E-state index in [1.807, 2.05) is 0 Å².